The first-order valence-corrected chi connectivity index (χ1v) is 8.53. The van der Waals surface area contributed by atoms with Gasteiger partial charge in [0.25, 0.3) is 5.91 Å². The molecule has 7 heteroatoms. The Balaban J connectivity index is 1.50. The standard InChI is InChI=1S/C19H19N5O2/c25-11-14-9-24(18-7-8-20-12-21-18)10-17(14)23-19(26)16-6-5-13-3-1-2-4-15(13)22-16/h1-8,12,14,17,25H,9-11H2,(H,23,26)/t14-,17+/m0/s1. The van der Waals surface area contributed by atoms with Crippen LogP contribution in [0.5, 0.6) is 0 Å². The highest BCUT2D eigenvalue weighted by Gasteiger charge is 2.34. The van der Waals surface area contributed by atoms with Crippen molar-refractivity contribution in [3.8, 4) is 0 Å². The van der Waals surface area contributed by atoms with Gasteiger partial charge in [-0.1, -0.05) is 24.3 Å². The van der Waals surface area contributed by atoms with Crippen molar-refractivity contribution in [2.45, 2.75) is 6.04 Å². The normalized spacial score (nSPS) is 19.7. The maximum Gasteiger partial charge on any atom is 0.270 e. The number of para-hydroxylation sites is 1. The summed E-state index contributed by atoms with van der Waals surface area (Å²) in [6.07, 6.45) is 3.18. The van der Waals surface area contributed by atoms with Crippen molar-refractivity contribution in [3.05, 3.63) is 60.7 Å². The topological polar surface area (TPSA) is 91.2 Å². The molecule has 26 heavy (non-hydrogen) atoms. The Morgan fingerprint density at radius 1 is 1.19 bits per heavy atom. The van der Waals surface area contributed by atoms with Crippen LogP contribution in [0.1, 0.15) is 10.5 Å². The third-order valence-corrected chi connectivity index (χ3v) is 4.71. The Morgan fingerprint density at radius 3 is 2.88 bits per heavy atom. The summed E-state index contributed by atoms with van der Waals surface area (Å²) in [4.78, 5) is 27.3. The maximum absolute atomic E-state index is 12.6. The van der Waals surface area contributed by atoms with Gasteiger partial charge in [-0.3, -0.25) is 4.79 Å². The SMILES string of the molecule is O=C(N[C@@H]1CN(c2ccncn2)C[C@H]1CO)c1ccc2ccccc2n1. The Labute approximate surface area is 150 Å². The molecule has 2 N–H and O–H groups in total. The van der Waals surface area contributed by atoms with E-state index in [1.165, 1.54) is 6.33 Å². The van der Waals surface area contributed by atoms with Crippen LogP contribution >= 0.6 is 0 Å². The van der Waals surface area contributed by atoms with Crippen molar-refractivity contribution in [1.82, 2.24) is 20.3 Å². The number of pyridine rings is 1. The van der Waals surface area contributed by atoms with Gasteiger partial charge in [-0.25, -0.2) is 15.0 Å². The molecular formula is C19H19N5O2. The van der Waals surface area contributed by atoms with Crippen LogP contribution in [0, 0.1) is 5.92 Å². The van der Waals surface area contributed by atoms with Crippen LogP contribution in [0.2, 0.25) is 0 Å². The number of carbonyl (C=O) groups excluding carboxylic acids is 1. The van der Waals surface area contributed by atoms with Crippen molar-refractivity contribution < 1.29 is 9.90 Å². The van der Waals surface area contributed by atoms with E-state index in [0.717, 1.165) is 16.7 Å². The summed E-state index contributed by atoms with van der Waals surface area (Å²) in [6.45, 7) is 1.21. The van der Waals surface area contributed by atoms with Crippen molar-refractivity contribution in [2.24, 2.45) is 5.92 Å². The predicted octanol–water partition coefficient (Wildman–Crippen LogP) is 1.25. The summed E-state index contributed by atoms with van der Waals surface area (Å²) in [5, 5.41) is 13.7. The van der Waals surface area contributed by atoms with Gasteiger partial charge in [0.05, 0.1) is 11.6 Å². The van der Waals surface area contributed by atoms with Crippen LogP contribution in [0.15, 0.2) is 55.0 Å². The van der Waals surface area contributed by atoms with E-state index < -0.39 is 0 Å². The van der Waals surface area contributed by atoms with Gasteiger partial charge < -0.3 is 15.3 Å². The second-order valence-corrected chi connectivity index (χ2v) is 6.38. The van der Waals surface area contributed by atoms with Crippen LogP contribution in [0.25, 0.3) is 10.9 Å². The minimum atomic E-state index is -0.233. The van der Waals surface area contributed by atoms with Crippen LogP contribution < -0.4 is 10.2 Å². The number of fused-ring (bicyclic) bond motifs is 1. The fourth-order valence-corrected chi connectivity index (χ4v) is 3.31. The average Bonchev–Trinajstić information content (AvgIpc) is 3.11. The van der Waals surface area contributed by atoms with Gasteiger partial charge in [0.2, 0.25) is 0 Å². The molecule has 132 valence electrons. The first-order valence-electron chi connectivity index (χ1n) is 8.53. The van der Waals surface area contributed by atoms with E-state index in [1.807, 2.05) is 41.3 Å². The summed E-state index contributed by atoms with van der Waals surface area (Å²) >= 11 is 0. The molecule has 3 aromatic rings. The maximum atomic E-state index is 12.6. The van der Waals surface area contributed by atoms with Gasteiger partial charge >= 0.3 is 0 Å². The number of nitrogens with one attached hydrogen (secondary N) is 1. The minimum Gasteiger partial charge on any atom is -0.396 e. The summed E-state index contributed by atoms with van der Waals surface area (Å²) in [6, 6.07) is 13.0. The zero-order valence-corrected chi connectivity index (χ0v) is 14.1. The molecule has 1 fully saturated rings. The third-order valence-electron chi connectivity index (χ3n) is 4.71. The molecular weight excluding hydrogens is 330 g/mol. The van der Waals surface area contributed by atoms with Gasteiger partial charge in [0.1, 0.15) is 17.8 Å². The summed E-state index contributed by atoms with van der Waals surface area (Å²) < 4.78 is 0. The zero-order chi connectivity index (χ0) is 17.9. The third kappa shape index (κ3) is 3.21. The molecule has 1 amide bonds. The lowest BCUT2D eigenvalue weighted by Gasteiger charge is -2.18. The summed E-state index contributed by atoms with van der Waals surface area (Å²) in [5.41, 5.74) is 1.16. The molecule has 2 aromatic heterocycles. The first kappa shape index (κ1) is 16.4. The molecule has 1 aromatic carbocycles. The second kappa shape index (κ2) is 7.05. The number of anilines is 1. The number of rotatable bonds is 4. The summed E-state index contributed by atoms with van der Waals surface area (Å²) in [7, 11) is 0. The monoisotopic (exact) mass is 349 g/mol. The zero-order valence-electron chi connectivity index (χ0n) is 14.1. The van der Waals surface area contributed by atoms with Crippen molar-refractivity contribution in [3.63, 3.8) is 0 Å². The molecule has 1 saturated heterocycles. The molecule has 4 rings (SSSR count). The van der Waals surface area contributed by atoms with Gasteiger partial charge in [0, 0.05) is 37.2 Å². The van der Waals surface area contributed by atoms with Crippen molar-refractivity contribution >= 4 is 22.6 Å². The number of benzene rings is 1. The Morgan fingerprint density at radius 2 is 2.08 bits per heavy atom. The minimum absolute atomic E-state index is 0.00230. The molecule has 2 atom stereocenters. The highest BCUT2D eigenvalue weighted by atomic mass is 16.3. The van der Waals surface area contributed by atoms with Gasteiger partial charge in [-0.05, 0) is 18.2 Å². The molecule has 0 bridgehead atoms. The number of carbonyl (C=O) groups is 1. The average molecular weight is 349 g/mol. The quantitative estimate of drug-likeness (QED) is 0.737. The molecule has 0 spiro atoms. The van der Waals surface area contributed by atoms with Crippen molar-refractivity contribution in [2.75, 3.05) is 24.6 Å². The molecule has 0 radical (unpaired) electrons. The van der Waals surface area contributed by atoms with E-state index in [0.29, 0.717) is 18.8 Å². The van der Waals surface area contributed by atoms with Crippen LogP contribution in [0.4, 0.5) is 5.82 Å². The van der Waals surface area contributed by atoms with E-state index in [2.05, 4.69) is 20.3 Å². The van der Waals surface area contributed by atoms with E-state index in [-0.39, 0.29) is 24.5 Å². The highest BCUT2D eigenvalue weighted by molar-refractivity contribution is 5.95. The van der Waals surface area contributed by atoms with Crippen LogP contribution in [-0.4, -0.2) is 51.7 Å². The molecule has 1 aliphatic rings. The van der Waals surface area contributed by atoms with E-state index >= 15 is 0 Å². The second-order valence-electron chi connectivity index (χ2n) is 6.38. The number of aliphatic hydroxyl groups is 1. The lowest BCUT2D eigenvalue weighted by atomic mass is 10.1. The number of aromatic nitrogens is 3. The fourth-order valence-electron chi connectivity index (χ4n) is 3.31. The van der Waals surface area contributed by atoms with E-state index in [1.54, 1.807) is 12.3 Å². The molecule has 0 saturated carbocycles. The smallest absolute Gasteiger partial charge is 0.270 e. The number of hydrogen-bond acceptors (Lipinski definition) is 6. The molecule has 0 unspecified atom stereocenters. The number of aliphatic hydroxyl groups excluding tert-OH is 1. The lowest BCUT2D eigenvalue weighted by Crippen LogP contribution is -2.41. The largest absolute Gasteiger partial charge is 0.396 e. The van der Waals surface area contributed by atoms with Crippen LogP contribution in [0.3, 0.4) is 0 Å². The number of hydrogen-bond donors (Lipinski definition) is 2. The Bertz CT molecular complexity index is 918. The Kier molecular flexibility index (Phi) is 4.45. The van der Waals surface area contributed by atoms with Crippen molar-refractivity contribution in [1.29, 1.82) is 0 Å². The lowest BCUT2D eigenvalue weighted by molar-refractivity contribution is 0.0917. The van der Waals surface area contributed by atoms with Gasteiger partial charge in [-0.15, -0.1) is 0 Å². The Hall–Kier alpha value is -3.06. The molecule has 0 aliphatic carbocycles. The van der Waals surface area contributed by atoms with E-state index in [9.17, 15) is 9.90 Å². The first-order chi connectivity index (χ1) is 12.7. The fraction of sp³-hybridized carbons (Fsp3) is 0.263. The van der Waals surface area contributed by atoms with Gasteiger partial charge in [0.15, 0.2) is 0 Å². The summed E-state index contributed by atoms with van der Waals surface area (Å²) in [5.74, 6) is 0.497. The number of amides is 1. The van der Waals surface area contributed by atoms with Gasteiger partial charge in [-0.2, -0.15) is 0 Å². The highest BCUT2D eigenvalue weighted by Crippen LogP contribution is 2.22. The van der Waals surface area contributed by atoms with E-state index in [4.69, 9.17) is 0 Å². The molecule has 1 aliphatic heterocycles. The van der Waals surface area contributed by atoms with Crippen LogP contribution in [-0.2, 0) is 0 Å². The molecule has 3 heterocycles. The number of nitrogens with zero attached hydrogens (tertiary/aromatic N) is 4. The molecule has 7 nitrogen and oxygen atoms in total. The predicted molar refractivity (Wildman–Crippen MR) is 97.8 cm³/mol.